The standard InChI is InChI=1S/C26H24N2O2/c1-5-15-27-23(19-11-7-17(3)8-12-19)21-22(25(27)29)24(28(16-6-2)26(21)30)20-13-9-18(4)10-14-20/h5-14H,1-2,15-16H2,3-4H3. The minimum Gasteiger partial charge on any atom is -0.303 e. The number of nitrogens with zero attached hydrogens (tertiary/aromatic N) is 2. The Hall–Kier alpha value is -3.66. The van der Waals surface area contributed by atoms with E-state index in [0.717, 1.165) is 22.3 Å². The third-order valence-corrected chi connectivity index (χ3v) is 5.45. The van der Waals surface area contributed by atoms with Crippen LogP contribution in [-0.2, 0) is 9.59 Å². The maximum Gasteiger partial charge on any atom is 0.261 e. The molecule has 2 amide bonds. The van der Waals surface area contributed by atoms with E-state index in [1.165, 1.54) is 0 Å². The van der Waals surface area contributed by atoms with Crippen LogP contribution in [0.4, 0.5) is 0 Å². The zero-order chi connectivity index (χ0) is 21.4. The van der Waals surface area contributed by atoms with Crippen LogP contribution in [0.1, 0.15) is 22.3 Å². The number of carbonyl (C=O) groups is 2. The maximum atomic E-state index is 13.5. The normalized spacial score (nSPS) is 15.9. The van der Waals surface area contributed by atoms with Crippen molar-refractivity contribution in [1.29, 1.82) is 0 Å². The summed E-state index contributed by atoms with van der Waals surface area (Å²) in [5, 5.41) is 0. The lowest BCUT2D eigenvalue weighted by molar-refractivity contribution is -0.123. The Kier molecular flexibility index (Phi) is 5.00. The lowest BCUT2D eigenvalue weighted by Crippen LogP contribution is -2.30. The van der Waals surface area contributed by atoms with Crippen molar-refractivity contribution >= 4 is 23.2 Å². The van der Waals surface area contributed by atoms with E-state index in [0.29, 0.717) is 35.6 Å². The first kappa shape index (κ1) is 19.6. The van der Waals surface area contributed by atoms with Crippen molar-refractivity contribution in [3.8, 4) is 0 Å². The quantitative estimate of drug-likeness (QED) is 0.676. The number of carbonyl (C=O) groups excluding carboxylic acids is 2. The van der Waals surface area contributed by atoms with Crippen molar-refractivity contribution < 1.29 is 9.59 Å². The highest BCUT2D eigenvalue weighted by molar-refractivity contribution is 6.30. The van der Waals surface area contributed by atoms with Crippen LogP contribution in [0.5, 0.6) is 0 Å². The highest BCUT2D eigenvalue weighted by Crippen LogP contribution is 2.46. The summed E-state index contributed by atoms with van der Waals surface area (Å²) in [6.45, 7) is 12.3. The minimum absolute atomic E-state index is 0.170. The van der Waals surface area contributed by atoms with E-state index in [4.69, 9.17) is 0 Å². The van der Waals surface area contributed by atoms with E-state index < -0.39 is 0 Å². The molecule has 2 aromatic carbocycles. The van der Waals surface area contributed by atoms with Crippen LogP contribution in [0.2, 0.25) is 0 Å². The lowest BCUT2D eigenvalue weighted by atomic mass is 10.0. The summed E-state index contributed by atoms with van der Waals surface area (Å²) in [4.78, 5) is 30.4. The first-order valence-corrected chi connectivity index (χ1v) is 9.96. The van der Waals surface area contributed by atoms with Crippen LogP contribution in [0.25, 0.3) is 11.4 Å². The summed E-state index contributed by atoms with van der Waals surface area (Å²) in [6, 6.07) is 15.8. The highest BCUT2D eigenvalue weighted by Gasteiger charge is 2.48. The van der Waals surface area contributed by atoms with E-state index >= 15 is 0 Å². The van der Waals surface area contributed by atoms with E-state index in [2.05, 4.69) is 13.2 Å². The molecular weight excluding hydrogens is 372 g/mol. The zero-order valence-electron chi connectivity index (χ0n) is 17.3. The average Bonchev–Trinajstić information content (AvgIpc) is 3.17. The molecule has 0 atom stereocenters. The molecule has 2 heterocycles. The van der Waals surface area contributed by atoms with Gasteiger partial charge >= 0.3 is 0 Å². The van der Waals surface area contributed by atoms with Gasteiger partial charge in [0.1, 0.15) is 0 Å². The van der Waals surface area contributed by atoms with Crippen molar-refractivity contribution in [3.05, 3.63) is 107 Å². The van der Waals surface area contributed by atoms with Gasteiger partial charge in [0, 0.05) is 13.1 Å². The van der Waals surface area contributed by atoms with E-state index in [1.807, 2.05) is 62.4 Å². The van der Waals surface area contributed by atoms with Gasteiger partial charge < -0.3 is 9.80 Å². The maximum absolute atomic E-state index is 13.5. The molecule has 0 fully saturated rings. The fourth-order valence-electron chi connectivity index (χ4n) is 4.03. The van der Waals surface area contributed by atoms with E-state index in [-0.39, 0.29) is 11.8 Å². The second kappa shape index (κ2) is 7.64. The highest BCUT2D eigenvalue weighted by atomic mass is 16.2. The molecule has 0 spiro atoms. The SMILES string of the molecule is C=CCN1C(=O)C2=C(c3ccc(C)cc3)N(CC=C)C(=O)C2=C1c1ccc(C)cc1. The lowest BCUT2D eigenvalue weighted by Gasteiger charge is -2.24. The fourth-order valence-corrected chi connectivity index (χ4v) is 4.03. The molecule has 0 saturated carbocycles. The summed E-state index contributed by atoms with van der Waals surface area (Å²) in [5.74, 6) is -0.341. The van der Waals surface area contributed by atoms with Gasteiger partial charge in [-0.25, -0.2) is 0 Å². The van der Waals surface area contributed by atoms with Crippen molar-refractivity contribution in [2.45, 2.75) is 13.8 Å². The van der Waals surface area contributed by atoms with Crippen molar-refractivity contribution in [1.82, 2.24) is 9.80 Å². The molecule has 0 bridgehead atoms. The number of fused-ring (bicyclic) bond motifs is 1. The fraction of sp³-hybridized carbons (Fsp3) is 0.154. The van der Waals surface area contributed by atoms with Gasteiger partial charge in [-0.05, 0) is 25.0 Å². The van der Waals surface area contributed by atoms with Crippen LogP contribution in [0.15, 0.2) is 85.0 Å². The second-order valence-corrected chi connectivity index (χ2v) is 7.59. The monoisotopic (exact) mass is 396 g/mol. The summed E-state index contributed by atoms with van der Waals surface area (Å²) in [5.41, 5.74) is 6.14. The van der Waals surface area contributed by atoms with Crippen LogP contribution in [0, 0.1) is 13.8 Å². The number of benzene rings is 2. The van der Waals surface area contributed by atoms with E-state index in [1.54, 1.807) is 22.0 Å². The Labute approximate surface area is 177 Å². The number of hydrogen-bond donors (Lipinski definition) is 0. The predicted octanol–water partition coefficient (Wildman–Crippen LogP) is 4.48. The molecule has 0 aromatic heterocycles. The summed E-state index contributed by atoms with van der Waals surface area (Å²) in [6.07, 6.45) is 3.37. The van der Waals surface area contributed by atoms with Gasteiger partial charge in [0.15, 0.2) is 0 Å². The van der Waals surface area contributed by atoms with Crippen LogP contribution >= 0.6 is 0 Å². The van der Waals surface area contributed by atoms with Crippen molar-refractivity contribution in [2.24, 2.45) is 0 Å². The first-order chi connectivity index (χ1) is 14.5. The molecule has 2 aliphatic heterocycles. The zero-order valence-corrected chi connectivity index (χ0v) is 17.3. The number of aryl methyl sites for hydroxylation is 2. The van der Waals surface area contributed by atoms with Crippen molar-refractivity contribution in [3.63, 3.8) is 0 Å². The van der Waals surface area contributed by atoms with E-state index in [9.17, 15) is 9.59 Å². The molecule has 4 nitrogen and oxygen atoms in total. The molecule has 0 aliphatic carbocycles. The molecule has 2 aliphatic rings. The largest absolute Gasteiger partial charge is 0.303 e. The Morgan fingerprint density at radius 3 is 1.30 bits per heavy atom. The van der Waals surface area contributed by atoms with Gasteiger partial charge in [0.25, 0.3) is 11.8 Å². The third-order valence-electron chi connectivity index (χ3n) is 5.45. The number of hydrogen-bond acceptors (Lipinski definition) is 2. The third kappa shape index (κ3) is 3.01. The van der Waals surface area contributed by atoms with Crippen LogP contribution < -0.4 is 0 Å². The Morgan fingerprint density at radius 2 is 1.00 bits per heavy atom. The van der Waals surface area contributed by atoms with Gasteiger partial charge in [-0.3, -0.25) is 9.59 Å². The average molecular weight is 396 g/mol. The van der Waals surface area contributed by atoms with Gasteiger partial charge in [-0.15, -0.1) is 13.2 Å². The van der Waals surface area contributed by atoms with Crippen LogP contribution in [-0.4, -0.2) is 34.7 Å². The van der Waals surface area contributed by atoms with Gasteiger partial charge in [-0.2, -0.15) is 0 Å². The molecule has 0 radical (unpaired) electrons. The smallest absolute Gasteiger partial charge is 0.261 e. The summed E-state index contributed by atoms with van der Waals surface area (Å²) in [7, 11) is 0. The topological polar surface area (TPSA) is 40.6 Å². The van der Waals surface area contributed by atoms with Gasteiger partial charge in [0.2, 0.25) is 0 Å². The molecule has 4 heteroatoms. The van der Waals surface area contributed by atoms with Gasteiger partial charge in [-0.1, -0.05) is 71.8 Å². The summed E-state index contributed by atoms with van der Waals surface area (Å²) >= 11 is 0. The molecule has 0 N–H and O–H groups in total. The Balaban J connectivity index is 2.01. The molecule has 30 heavy (non-hydrogen) atoms. The van der Waals surface area contributed by atoms with Crippen molar-refractivity contribution in [2.75, 3.05) is 13.1 Å². The molecule has 2 aromatic rings. The second-order valence-electron chi connectivity index (χ2n) is 7.59. The number of amides is 2. The molecule has 4 rings (SSSR count). The number of rotatable bonds is 6. The van der Waals surface area contributed by atoms with Gasteiger partial charge in [0.05, 0.1) is 22.5 Å². The molecule has 0 saturated heterocycles. The minimum atomic E-state index is -0.170. The molecule has 0 unspecified atom stereocenters. The van der Waals surface area contributed by atoms with Crippen LogP contribution in [0.3, 0.4) is 0 Å². The Bertz CT molecular complexity index is 1030. The summed E-state index contributed by atoms with van der Waals surface area (Å²) < 4.78 is 0. The molecular formula is C26H24N2O2. The Morgan fingerprint density at radius 1 is 0.667 bits per heavy atom. The predicted molar refractivity (Wildman–Crippen MR) is 120 cm³/mol. The molecule has 150 valence electrons. The first-order valence-electron chi connectivity index (χ1n) is 9.96.